The van der Waals surface area contributed by atoms with E-state index in [0.29, 0.717) is 19.5 Å². The molecule has 0 amide bonds. The zero-order valence-corrected chi connectivity index (χ0v) is 13.3. The molecule has 6 heteroatoms. The van der Waals surface area contributed by atoms with Crippen molar-refractivity contribution in [3.8, 4) is 0 Å². The van der Waals surface area contributed by atoms with E-state index < -0.39 is 10.0 Å². The van der Waals surface area contributed by atoms with E-state index >= 15 is 0 Å². The van der Waals surface area contributed by atoms with E-state index in [0.717, 1.165) is 5.56 Å². The van der Waals surface area contributed by atoms with E-state index in [4.69, 9.17) is 11.6 Å². The van der Waals surface area contributed by atoms with E-state index in [1.54, 1.807) is 0 Å². The Morgan fingerprint density at radius 3 is 2.52 bits per heavy atom. The van der Waals surface area contributed by atoms with Gasteiger partial charge < -0.3 is 0 Å². The fraction of sp³-hybridized carbons (Fsp3) is 0.267. The van der Waals surface area contributed by atoms with Gasteiger partial charge in [-0.3, -0.25) is 4.98 Å². The first-order chi connectivity index (χ1) is 10.1. The highest BCUT2D eigenvalue weighted by Crippen LogP contribution is 2.23. The Labute approximate surface area is 130 Å². The van der Waals surface area contributed by atoms with Gasteiger partial charge in [0.15, 0.2) is 0 Å². The highest BCUT2D eigenvalue weighted by molar-refractivity contribution is 7.89. The van der Waals surface area contributed by atoms with Crippen molar-refractivity contribution in [2.75, 3.05) is 13.1 Å². The van der Waals surface area contributed by atoms with Gasteiger partial charge in [0.25, 0.3) is 0 Å². The molecule has 0 aliphatic carbocycles. The smallest absolute Gasteiger partial charge is 0.246 e. The number of rotatable bonds is 6. The summed E-state index contributed by atoms with van der Waals surface area (Å²) in [7, 11) is -3.61. The molecule has 0 saturated heterocycles. The molecule has 4 nitrogen and oxygen atoms in total. The average Bonchev–Trinajstić information content (AvgIpc) is 2.49. The van der Waals surface area contributed by atoms with Crippen LogP contribution in [0.25, 0.3) is 0 Å². The van der Waals surface area contributed by atoms with Crippen molar-refractivity contribution in [1.29, 1.82) is 0 Å². The Morgan fingerprint density at radius 1 is 1.19 bits per heavy atom. The number of sulfonamides is 1. The van der Waals surface area contributed by atoms with Crippen molar-refractivity contribution in [1.82, 2.24) is 9.29 Å². The summed E-state index contributed by atoms with van der Waals surface area (Å²) >= 11 is 5.98. The zero-order valence-electron chi connectivity index (χ0n) is 11.7. The highest BCUT2D eigenvalue weighted by atomic mass is 35.5. The van der Waals surface area contributed by atoms with Crippen LogP contribution in [0.3, 0.4) is 0 Å². The Hall–Kier alpha value is -1.43. The molecule has 0 aliphatic heterocycles. The molecule has 1 aromatic heterocycles. The number of hydrogen-bond acceptors (Lipinski definition) is 3. The van der Waals surface area contributed by atoms with Gasteiger partial charge in [-0.05, 0) is 18.1 Å². The van der Waals surface area contributed by atoms with Gasteiger partial charge in [-0.2, -0.15) is 4.31 Å². The quantitative estimate of drug-likeness (QED) is 0.820. The molecule has 2 rings (SSSR count). The second-order valence-electron chi connectivity index (χ2n) is 4.54. The summed E-state index contributed by atoms with van der Waals surface area (Å²) in [5.74, 6) is 0. The van der Waals surface area contributed by atoms with Crippen LogP contribution in [0.5, 0.6) is 0 Å². The molecule has 2 aromatic rings. The lowest BCUT2D eigenvalue weighted by Crippen LogP contribution is -2.33. The lowest BCUT2D eigenvalue weighted by molar-refractivity contribution is 0.431. The first kappa shape index (κ1) is 15.9. The molecule has 1 heterocycles. The SMILES string of the molecule is CCN(CCc1ccccc1)S(=O)(=O)c1cnccc1Cl. The van der Waals surface area contributed by atoms with Crippen LogP contribution >= 0.6 is 11.6 Å². The topological polar surface area (TPSA) is 50.3 Å². The number of benzene rings is 1. The third kappa shape index (κ3) is 3.81. The maximum Gasteiger partial charge on any atom is 0.246 e. The summed E-state index contributed by atoms with van der Waals surface area (Å²) < 4.78 is 26.6. The van der Waals surface area contributed by atoms with Crippen molar-refractivity contribution < 1.29 is 8.42 Å². The minimum Gasteiger partial charge on any atom is -0.263 e. The average molecular weight is 325 g/mol. The van der Waals surface area contributed by atoms with Crippen LogP contribution in [-0.2, 0) is 16.4 Å². The summed E-state index contributed by atoms with van der Waals surface area (Å²) in [6, 6.07) is 11.3. The first-order valence-corrected chi connectivity index (χ1v) is 8.51. The summed E-state index contributed by atoms with van der Waals surface area (Å²) in [5, 5.41) is 0.197. The molecule has 0 fully saturated rings. The number of likely N-dealkylation sites (N-methyl/N-ethyl adjacent to an activating group) is 1. The molecule has 0 unspecified atom stereocenters. The van der Waals surface area contributed by atoms with Crippen LogP contribution in [0.1, 0.15) is 12.5 Å². The molecule has 0 aliphatic rings. The molecule has 1 aromatic carbocycles. The van der Waals surface area contributed by atoms with Gasteiger partial charge in [0.05, 0.1) is 5.02 Å². The first-order valence-electron chi connectivity index (χ1n) is 6.69. The van der Waals surface area contributed by atoms with Crippen molar-refractivity contribution in [2.45, 2.75) is 18.2 Å². The maximum absolute atomic E-state index is 12.6. The molecule has 21 heavy (non-hydrogen) atoms. The lowest BCUT2D eigenvalue weighted by atomic mass is 10.1. The predicted octanol–water partition coefficient (Wildman–Crippen LogP) is 2.99. The van der Waals surface area contributed by atoms with Crippen molar-refractivity contribution in [2.24, 2.45) is 0 Å². The normalized spacial score (nSPS) is 11.8. The maximum atomic E-state index is 12.6. The van der Waals surface area contributed by atoms with E-state index in [9.17, 15) is 8.42 Å². The summed E-state index contributed by atoms with van der Waals surface area (Å²) in [5.41, 5.74) is 1.10. The van der Waals surface area contributed by atoms with Crippen LogP contribution in [0.2, 0.25) is 5.02 Å². The van der Waals surface area contributed by atoms with Gasteiger partial charge in [-0.15, -0.1) is 0 Å². The molecular weight excluding hydrogens is 308 g/mol. The lowest BCUT2D eigenvalue weighted by Gasteiger charge is -2.20. The van der Waals surface area contributed by atoms with Crippen molar-refractivity contribution in [3.63, 3.8) is 0 Å². The van der Waals surface area contributed by atoms with Crippen LogP contribution in [0.4, 0.5) is 0 Å². The van der Waals surface area contributed by atoms with Gasteiger partial charge in [-0.1, -0.05) is 48.9 Å². The molecule has 0 atom stereocenters. The van der Waals surface area contributed by atoms with Gasteiger partial charge in [-0.25, -0.2) is 8.42 Å². The third-order valence-corrected chi connectivity index (χ3v) is 5.64. The highest BCUT2D eigenvalue weighted by Gasteiger charge is 2.25. The second-order valence-corrected chi connectivity index (χ2v) is 6.85. The largest absolute Gasteiger partial charge is 0.263 e. The van der Waals surface area contributed by atoms with Gasteiger partial charge in [0.2, 0.25) is 10.0 Å². The zero-order chi connectivity index (χ0) is 15.3. The van der Waals surface area contributed by atoms with E-state index in [2.05, 4.69) is 4.98 Å². The Morgan fingerprint density at radius 2 is 1.90 bits per heavy atom. The van der Waals surface area contributed by atoms with Gasteiger partial charge in [0, 0.05) is 25.5 Å². The summed E-state index contributed by atoms with van der Waals surface area (Å²) in [4.78, 5) is 3.91. The van der Waals surface area contributed by atoms with E-state index in [-0.39, 0.29) is 9.92 Å². The number of hydrogen-bond donors (Lipinski definition) is 0. The van der Waals surface area contributed by atoms with Crippen LogP contribution < -0.4 is 0 Å². The molecule has 0 radical (unpaired) electrons. The molecule has 0 bridgehead atoms. The molecule has 0 spiro atoms. The Balaban J connectivity index is 2.19. The molecule has 0 saturated carbocycles. The minimum absolute atomic E-state index is 0.0570. The van der Waals surface area contributed by atoms with Crippen molar-refractivity contribution >= 4 is 21.6 Å². The number of halogens is 1. The fourth-order valence-corrected chi connectivity index (χ4v) is 3.89. The molecule has 0 N–H and O–H groups in total. The summed E-state index contributed by atoms with van der Waals surface area (Å²) in [6.45, 7) is 2.61. The van der Waals surface area contributed by atoms with Crippen molar-refractivity contribution in [3.05, 3.63) is 59.4 Å². The molecule has 112 valence electrons. The minimum atomic E-state index is -3.61. The van der Waals surface area contributed by atoms with Gasteiger partial charge in [0.1, 0.15) is 4.90 Å². The summed E-state index contributed by atoms with van der Waals surface area (Å²) in [6.07, 6.45) is 3.43. The fourth-order valence-electron chi connectivity index (χ4n) is 2.04. The Bertz CT molecular complexity index is 690. The monoisotopic (exact) mass is 324 g/mol. The van der Waals surface area contributed by atoms with Crippen LogP contribution in [0.15, 0.2) is 53.7 Å². The standard InChI is InChI=1S/C15H17ClN2O2S/c1-2-18(11-9-13-6-4-3-5-7-13)21(19,20)15-12-17-10-8-14(15)16/h3-8,10,12H,2,9,11H2,1H3. The van der Waals surface area contributed by atoms with Gasteiger partial charge >= 0.3 is 0 Å². The van der Waals surface area contributed by atoms with Crippen LogP contribution in [0, 0.1) is 0 Å². The van der Waals surface area contributed by atoms with Crippen LogP contribution in [-0.4, -0.2) is 30.8 Å². The molecular formula is C15H17ClN2O2S. The number of nitrogens with zero attached hydrogens (tertiary/aromatic N) is 2. The Kier molecular flexibility index (Phi) is 5.33. The predicted molar refractivity (Wildman–Crippen MR) is 83.8 cm³/mol. The van der Waals surface area contributed by atoms with E-state index in [1.807, 2.05) is 37.3 Å². The van der Waals surface area contributed by atoms with E-state index in [1.165, 1.54) is 22.8 Å². The third-order valence-electron chi connectivity index (χ3n) is 3.20. The second kappa shape index (κ2) is 7.02. The number of aromatic nitrogens is 1. The number of pyridine rings is 1.